The van der Waals surface area contributed by atoms with Crippen molar-refractivity contribution in [2.45, 2.75) is 0 Å². The third-order valence-electron chi connectivity index (χ3n) is 1.89. The lowest BCUT2D eigenvalue weighted by atomic mass is 10.1. The first-order valence-electron chi connectivity index (χ1n) is 4.13. The van der Waals surface area contributed by atoms with Gasteiger partial charge in [0.25, 0.3) is 0 Å². The van der Waals surface area contributed by atoms with Crippen molar-refractivity contribution in [1.82, 2.24) is 9.97 Å². The number of rotatable bonds is 1. The minimum Gasteiger partial charge on any atom is -0.329 e. The van der Waals surface area contributed by atoms with E-state index >= 15 is 0 Å². The maximum absolute atomic E-state index is 11.0. The molecule has 14 heavy (non-hydrogen) atoms. The van der Waals surface area contributed by atoms with Crippen LogP contribution in [0.4, 0.5) is 0 Å². The Morgan fingerprint density at radius 3 is 2.36 bits per heavy atom. The van der Waals surface area contributed by atoms with Gasteiger partial charge in [0.05, 0.1) is 0 Å². The molecule has 0 aliphatic heterocycles. The number of pyridine rings is 2. The topological polar surface area (TPSA) is 65.7 Å². The molecule has 4 heteroatoms. The number of hydrogen-bond acceptors (Lipinski definition) is 2. The molecule has 0 saturated heterocycles. The molecule has 2 heterocycles. The molecule has 70 valence electrons. The molecule has 2 rings (SSSR count). The second-order valence-electron chi connectivity index (χ2n) is 2.88. The fourth-order valence-corrected chi connectivity index (χ4v) is 1.21. The fraction of sp³-hybridized carbons (Fsp3) is 0. The maximum atomic E-state index is 11.0. The van der Waals surface area contributed by atoms with E-state index in [0.717, 1.165) is 11.1 Å². The highest BCUT2D eigenvalue weighted by molar-refractivity contribution is 5.61. The smallest absolute Gasteiger partial charge is 0.248 e. The predicted octanol–water partition coefficient (Wildman–Crippen LogP) is 0.730. The van der Waals surface area contributed by atoms with E-state index in [-0.39, 0.29) is 11.1 Å². The number of aromatic amines is 2. The summed E-state index contributed by atoms with van der Waals surface area (Å²) >= 11 is 0. The standard InChI is InChI=1S/C10H8N2O2/c13-9-2-1-8(6-12-9)7-3-4-11-10(14)5-7/h1-6H,(H,11,14)(H,12,13). The summed E-state index contributed by atoms with van der Waals surface area (Å²) in [5.41, 5.74) is 1.29. The van der Waals surface area contributed by atoms with Gasteiger partial charge in [-0.05, 0) is 23.3 Å². The third kappa shape index (κ3) is 1.64. The summed E-state index contributed by atoms with van der Waals surface area (Å²) in [7, 11) is 0. The van der Waals surface area contributed by atoms with Gasteiger partial charge in [0.1, 0.15) is 0 Å². The van der Waals surface area contributed by atoms with Gasteiger partial charge >= 0.3 is 0 Å². The maximum Gasteiger partial charge on any atom is 0.248 e. The van der Waals surface area contributed by atoms with E-state index < -0.39 is 0 Å². The summed E-state index contributed by atoms with van der Waals surface area (Å²) in [6.45, 7) is 0. The second-order valence-corrected chi connectivity index (χ2v) is 2.88. The Bertz CT molecular complexity index is 534. The summed E-state index contributed by atoms with van der Waals surface area (Å²) in [4.78, 5) is 26.9. The van der Waals surface area contributed by atoms with Gasteiger partial charge in [0.2, 0.25) is 11.1 Å². The lowest BCUT2D eigenvalue weighted by molar-refractivity contribution is 1.22. The third-order valence-corrected chi connectivity index (χ3v) is 1.89. The Labute approximate surface area is 79.3 Å². The molecule has 0 saturated carbocycles. The SMILES string of the molecule is O=c1ccc(-c2cc[nH]c(=O)c2)c[nH]1. The number of aromatic nitrogens is 2. The van der Waals surface area contributed by atoms with Crippen LogP contribution in [0.5, 0.6) is 0 Å². The Morgan fingerprint density at radius 2 is 1.71 bits per heavy atom. The normalized spacial score (nSPS) is 10.0. The summed E-state index contributed by atoms with van der Waals surface area (Å²) in [6.07, 6.45) is 3.15. The Kier molecular flexibility index (Phi) is 2.02. The molecule has 0 fully saturated rings. The average Bonchev–Trinajstić information content (AvgIpc) is 2.19. The molecule has 2 aromatic heterocycles. The van der Waals surface area contributed by atoms with Crippen LogP contribution in [0.2, 0.25) is 0 Å². The molecule has 4 nitrogen and oxygen atoms in total. The van der Waals surface area contributed by atoms with E-state index in [2.05, 4.69) is 9.97 Å². The van der Waals surface area contributed by atoms with Crippen LogP contribution >= 0.6 is 0 Å². The van der Waals surface area contributed by atoms with E-state index in [1.54, 1.807) is 24.5 Å². The van der Waals surface area contributed by atoms with E-state index in [4.69, 9.17) is 0 Å². The molecule has 0 aliphatic rings. The Morgan fingerprint density at radius 1 is 0.857 bits per heavy atom. The fourth-order valence-electron chi connectivity index (χ4n) is 1.21. The van der Waals surface area contributed by atoms with Gasteiger partial charge in [0.15, 0.2) is 0 Å². The summed E-state index contributed by atoms with van der Waals surface area (Å²) in [6, 6.07) is 6.35. The van der Waals surface area contributed by atoms with Crippen LogP contribution in [0.1, 0.15) is 0 Å². The Hall–Kier alpha value is -2.10. The quantitative estimate of drug-likeness (QED) is 0.692. The van der Waals surface area contributed by atoms with Gasteiger partial charge in [-0.15, -0.1) is 0 Å². The zero-order chi connectivity index (χ0) is 9.97. The average molecular weight is 188 g/mol. The van der Waals surface area contributed by atoms with Crippen molar-refractivity contribution in [3.05, 3.63) is 57.4 Å². The highest BCUT2D eigenvalue weighted by Gasteiger charge is 1.96. The second kappa shape index (κ2) is 3.33. The summed E-state index contributed by atoms with van der Waals surface area (Å²) in [5, 5.41) is 0. The van der Waals surface area contributed by atoms with Gasteiger partial charge in [-0.3, -0.25) is 9.59 Å². The number of nitrogens with one attached hydrogen (secondary N) is 2. The van der Waals surface area contributed by atoms with Crippen LogP contribution in [0.15, 0.2) is 46.2 Å². The Balaban J connectivity index is 2.55. The first-order valence-corrected chi connectivity index (χ1v) is 4.13. The van der Waals surface area contributed by atoms with E-state index in [0.29, 0.717) is 0 Å². The van der Waals surface area contributed by atoms with Crippen molar-refractivity contribution in [3.63, 3.8) is 0 Å². The van der Waals surface area contributed by atoms with Crippen molar-refractivity contribution in [2.75, 3.05) is 0 Å². The van der Waals surface area contributed by atoms with Crippen molar-refractivity contribution < 1.29 is 0 Å². The van der Waals surface area contributed by atoms with Gasteiger partial charge < -0.3 is 9.97 Å². The summed E-state index contributed by atoms with van der Waals surface area (Å²) < 4.78 is 0. The van der Waals surface area contributed by atoms with E-state index in [1.165, 1.54) is 12.1 Å². The van der Waals surface area contributed by atoms with Crippen molar-refractivity contribution in [1.29, 1.82) is 0 Å². The molecular formula is C10H8N2O2. The van der Waals surface area contributed by atoms with Crippen LogP contribution < -0.4 is 11.1 Å². The first-order chi connectivity index (χ1) is 6.75. The largest absolute Gasteiger partial charge is 0.329 e. The monoisotopic (exact) mass is 188 g/mol. The zero-order valence-corrected chi connectivity index (χ0v) is 7.28. The molecule has 0 aromatic carbocycles. The van der Waals surface area contributed by atoms with Crippen LogP contribution in [0.25, 0.3) is 11.1 Å². The molecule has 0 amide bonds. The zero-order valence-electron chi connectivity index (χ0n) is 7.28. The first kappa shape index (κ1) is 8.50. The minimum absolute atomic E-state index is 0.154. The van der Waals surface area contributed by atoms with Crippen LogP contribution in [-0.4, -0.2) is 9.97 Å². The number of H-pyrrole nitrogens is 2. The number of hydrogen-bond donors (Lipinski definition) is 2. The van der Waals surface area contributed by atoms with Crippen molar-refractivity contribution in [3.8, 4) is 11.1 Å². The highest BCUT2D eigenvalue weighted by Crippen LogP contribution is 2.13. The molecule has 0 spiro atoms. The van der Waals surface area contributed by atoms with Crippen molar-refractivity contribution >= 4 is 0 Å². The molecule has 0 atom stereocenters. The van der Waals surface area contributed by atoms with Gasteiger partial charge in [-0.2, -0.15) is 0 Å². The molecule has 2 aromatic rings. The van der Waals surface area contributed by atoms with Crippen molar-refractivity contribution in [2.24, 2.45) is 0 Å². The van der Waals surface area contributed by atoms with E-state index in [1.807, 2.05) is 0 Å². The van der Waals surface area contributed by atoms with Crippen LogP contribution in [-0.2, 0) is 0 Å². The van der Waals surface area contributed by atoms with Crippen LogP contribution in [0, 0.1) is 0 Å². The highest BCUT2D eigenvalue weighted by atomic mass is 16.1. The lowest BCUT2D eigenvalue weighted by Crippen LogP contribution is -2.04. The minimum atomic E-state index is -0.159. The lowest BCUT2D eigenvalue weighted by Gasteiger charge is -1.98. The molecule has 0 aliphatic carbocycles. The van der Waals surface area contributed by atoms with E-state index in [9.17, 15) is 9.59 Å². The summed E-state index contributed by atoms with van der Waals surface area (Å²) in [5.74, 6) is 0. The van der Waals surface area contributed by atoms with Gasteiger partial charge in [0, 0.05) is 24.5 Å². The molecule has 0 radical (unpaired) electrons. The van der Waals surface area contributed by atoms with Gasteiger partial charge in [-0.1, -0.05) is 0 Å². The van der Waals surface area contributed by atoms with Crippen LogP contribution in [0.3, 0.4) is 0 Å². The predicted molar refractivity (Wildman–Crippen MR) is 53.1 cm³/mol. The molecular weight excluding hydrogens is 180 g/mol. The molecule has 0 bridgehead atoms. The van der Waals surface area contributed by atoms with Gasteiger partial charge in [-0.25, -0.2) is 0 Å². The molecule has 0 unspecified atom stereocenters. The molecule has 2 N–H and O–H groups in total.